The molecule has 0 saturated carbocycles. The van der Waals surface area contributed by atoms with Crippen LogP contribution < -0.4 is 5.32 Å². The van der Waals surface area contributed by atoms with Gasteiger partial charge in [-0.15, -0.1) is 10.2 Å². The van der Waals surface area contributed by atoms with Gasteiger partial charge in [-0.05, 0) is 23.4 Å². The van der Waals surface area contributed by atoms with Crippen molar-refractivity contribution >= 4 is 17.0 Å². The molecule has 1 aromatic carbocycles. The van der Waals surface area contributed by atoms with Crippen molar-refractivity contribution in [2.75, 3.05) is 5.32 Å². The van der Waals surface area contributed by atoms with Crippen LogP contribution in [0.3, 0.4) is 0 Å². The first-order chi connectivity index (χ1) is 11.4. The second-order valence-corrected chi connectivity index (χ2v) is 4.25. The van der Waals surface area contributed by atoms with E-state index in [1.807, 2.05) is 0 Å². The highest BCUT2D eigenvalue weighted by Gasteiger charge is 2.40. The zero-order valence-corrected chi connectivity index (χ0v) is 11.6. The van der Waals surface area contributed by atoms with Crippen LogP contribution >= 0.6 is 0 Å². The summed E-state index contributed by atoms with van der Waals surface area (Å²) < 4.78 is 38.0. The number of hydrogen-bond donors (Lipinski definition) is 2. The number of alkyl halides is 3. The monoisotopic (exact) mass is 333 g/mol. The number of nitrogens with one attached hydrogen (secondary N) is 2. The Bertz CT molecular complexity index is 872. The number of nitriles is 2. The van der Waals surface area contributed by atoms with Crippen LogP contribution in [0.2, 0.25) is 0 Å². The van der Waals surface area contributed by atoms with Crippen LogP contribution in [0.25, 0.3) is 5.57 Å². The molecule has 0 atom stereocenters. The zero-order chi connectivity index (χ0) is 17.7. The van der Waals surface area contributed by atoms with Crippen LogP contribution in [0.4, 0.5) is 18.9 Å². The van der Waals surface area contributed by atoms with Gasteiger partial charge in [0.25, 0.3) is 5.78 Å². The molecule has 120 valence electrons. The Hall–Kier alpha value is -3.73. The van der Waals surface area contributed by atoms with Gasteiger partial charge in [-0.2, -0.15) is 28.9 Å². The summed E-state index contributed by atoms with van der Waals surface area (Å²) in [4.78, 5) is 11.5. The first-order valence-electron chi connectivity index (χ1n) is 6.13. The number of allylic oxidation sites excluding steroid dienone is 1. The zero-order valence-electron chi connectivity index (χ0n) is 11.6. The Morgan fingerprint density at radius 3 is 2.62 bits per heavy atom. The van der Waals surface area contributed by atoms with E-state index in [0.717, 1.165) is 18.3 Å². The number of hydrogen-bond acceptors (Lipinski definition) is 7. The number of nitrogens with zero attached hydrogens (tertiary/aromatic N) is 5. The number of ketones is 1. The molecule has 0 unspecified atom stereocenters. The maximum atomic E-state index is 12.7. The number of halogens is 3. The first-order valence-corrected chi connectivity index (χ1v) is 6.13. The molecule has 0 aliphatic carbocycles. The molecule has 0 spiro atoms. The third-order valence-electron chi connectivity index (χ3n) is 2.73. The number of H-pyrrole nitrogens is 1. The summed E-state index contributed by atoms with van der Waals surface area (Å²) in [5.41, 5.74) is -1.22. The topological polar surface area (TPSA) is 131 Å². The van der Waals surface area contributed by atoms with Gasteiger partial charge in [0.05, 0.1) is 17.2 Å². The Morgan fingerprint density at radius 2 is 2.08 bits per heavy atom. The fourth-order valence-electron chi connectivity index (χ4n) is 1.65. The van der Waals surface area contributed by atoms with Crippen molar-refractivity contribution in [2.24, 2.45) is 0 Å². The van der Waals surface area contributed by atoms with E-state index in [4.69, 9.17) is 10.5 Å². The van der Waals surface area contributed by atoms with Gasteiger partial charge in [0.15, 0.2) is 0 Å². The van der Waals surface area contributed by atoms with Crippen LogP contribution in [-0.2, 0) is 0 Å². The predicted molar refractivity (Wildman–Crippen MR) is 72.9 cm³/mol. The fourth-order valence-corrected chi connectivity index (χ4v) is 1.65. The number of tetrazole rings is 1. The van der Waals surface area contributed by atoms with Crippen molar-refractivity contribution in [3.63, 3.8) is 0 Å². The van der Waals surface area contributed by atoms with Crippen LogP contribution in [0.15, 0.2) is 24.4 Å². The van der Waals surface area contributed by atoms with E-state index >= 15 is 0 Å². The van der Waals surface area contributed by atoms with Gasteiger partial charge in [0.2, 0.25) is 5.82 Å². The quantitative estimate of drug-likeness (QED) is 0.644. The minimum Gasteiger partial charge on any atom is -0.360 e. The van der Waals surface area contributed by atoms with Crippen molar-refractivity contribution in [3.8, 4) is 12.1 Å². The van der Waals surface area contributed by atoms with Crippen LogP contribution in [0, 0.1) is 22.7 Å². The molecular formula is C13H6F3N7O. The summed E-state index contributed by atoms with van der Waals surface area (Å²) in [5.74, 6) is -2.20. The predicted octanol–water partition coefficient (Wildman–Crippen LogP) is 1.79. The van der Waals surface area contributed by atoms with E-state index < -0.39 is 17.5 Å². The van der Waals surface area contributed by atoms with Gasteiger partial charge in [0, 0.05) is 11.9 Å². The summed E-state index contributed by atoms with van der Waals surface area (Å²) in [6.07, 6.45) is -4.08. The van der Waals surface area contributed by atoms with Gasteiger partial charge in [0.1, 0.15) is 11.6 Å². The van der Waals surface area contributed by atoms with Crippen molar-refractivity contribution in [1.29, 1.82) is 10.5 Å². The summed E-state index contributed by atoms with van der Waals surface area (Å²) in [5, 5.41) is 32.7. The van der Waals surface area contributed by atoms with Gasteiger partial charge in [-0.1, -0.05) is 0 Å². The standard InChI is InChI=1S/C13H6F3N7O/c14-13(15,16)11(24)9-3-7(4-17)1-2-10(9)19-6-8(5-18)12-20-22-23-21-12/h1-3,6,19H,(H,20,21,22,23). The highest BCUT2D eigenvalue weighted by atomic mass is 19.4. The molecule has 24 heavy (non-hydrogen) atoms. The summed E-state index contributed by atoms with van der Waals surface area (Å²) in [6.45, 7) is 0. The van der Waals surface area contributed by atoms with Crippen molar-refractivity contribution in [1.82, 2.24) is 20.6 Å². The molecular weight excluding hydrogens is 327 g/mol. The number of rotatable bonds is 4. The van der Waals surface area contributed by atoms with Gasteiger partial charge in [-0.3, -0.25) is 4.79 Å². The Balaban J connectivity index is 2.42. The highest BCUT2D eigenvalue weighted by Crippen LogP contribution is 2.27. The number of anilines is 1. The number of Topliss-reactive ketones (excluding diaryl/α,β-unsaturated/α-hetero) is 1. The Kier molecular flexibility index (Phi) is 4.56. The summed E-state index contributed by atoms with van der Waals surface area (Å²) in [6, 6.07) is 6.54. The molecule has 2 N–H and O–H groups in total. The summed E-state index contributed by atoms with van der Waals surface area (Å²) in [7, 11) is 0. The van der Waals surface area contributed by atoms with E-state index in [1.165, 1.54) is 6.07 Å². The SMILES string of the molecule is N#CC(=CNc1ccc(C#N)cc1C(=O)C(F)(F)F)c1nn[nH]n1. The molecule has 0 radical (unpaired) electrons. The maximum absolute atomic E-state index is 12.7. The van der Waals surface area contributed by atoms with E-state index in [1.54, 1.807) is 12.1 Å². The lowest BCUT2D eigenvalue weighted by Gasteiger charge is -2.11. The second-order valence-electron chi connectivity index (χ2n) is 4.25. The first kappa shape index (κ1) is 16.6. The lowest BCUT2D eigenvalue weighted by molar-refractivity contribution is -0.0884. The van der Waals surface area contributed by atoms with Crippen LogP contribution in [-0.4, -0.2) is 32.6 Å². The maximum Gasteiger partial charge on any atom is 0.454 e. The minimum absolute atomic E-state index is 0.0812. The molecule has 0 fully saturated rings. The van der Waals surface area contributed by atoms with Crippen molar-refractivity contribution in [2.45, 2.75) is 6.18 Å². The summed E-state index contributed by atoms with van der Waals surface area (Å²) >= 11 is 0. The fraction of sp³-hybridized carbons (Fsp3) is 0.0769. The van der Waals surface area contributed by atoms with Gasteiger partial charge >= 0.3 is 6.18 Å². The van der Waals surface area contributed by atoms with E-state index in [2.05, 4.69) is 25.9 Å². The van der Waals surface area contributed by atoms with Gasteiger partial charge in [-0.25, -0.2) is 0 Å². The molecule has 1 heterocycles. The van der Waals surface area contributed by atoms with E-state index in [9.17, 15) is 18.0 Å². The average Bonchev–Trinajstić information content (AvgIpc) is 3.08. The third kappa shape index (κ3) is 3.53. The molecule has 0 bridgehead atoms. The lowest BCUT2D eigenvalue weighted by atomic mass is 10.0. The van der Waals surface area contributed by atoms with E-state index in [0.29, 0.717) is 0 Å². The van der Waals surface area contributed by atoms with Gasteiger partial charge < -0.3 is 5.32 Å². The van der Waals surface area contributed by atoms with Crippen molar-refractivity contribution < 1.29 is 18.0 Å². The Labute approximate surface area is 132 Å². The minimum atomic E-state index is -5.11. The van der Waals surface area contributed by atoms with Crippen molar-refractivity contribution in [3.05, 3.63) is 41.4 Å². The van der Waals surface area contributed by atoms with Crippen LogP contribution in [0.1, 0.15) is 21.7 Å². The third-order valence-corrected chi connectivity index (χ3v) is 2.73. The molecule has 8 nitrogen and oxygen atoms in total. The normalized spacial score (nSPS) is 11.5. The number of aromatic nitrogens is 4. The molecule has 1 aromatic heterocycles. The van der Waals surface area contributed by atoms with E-state index in [-0.39, 0.29) is 22.6 Å². The largest absolute Gasteiger partial charge is 0.454 e. The molecule has 0 aliphatic rings. The molecule has 0 saturated heterocycles. The lowest BCUT2D eigenvalue weighted by Crippen LogP contribution is -2.23. The number of carbonyl (C=O) groups is 1. The molecule has 2 aromatic rings. The number of aromatic amines is 1. The molecule has 11 heteroatoms. The van der Waals surface area contributed by atoms with Crippen LogP contribution in [0.5, 0.6) is 0 Å². The highest BCUT2D eigenvalue weighted by molar-refractivity contribution is 6.05. The number of benzene rings is 1. The average molecular weight is 333 g/mol. The molecule has 2 rings (SSSR count). The smallest absolute Gasteiger partial charge is 0.360 e. The second kappa shape index (κ2) is 6.58. The molecule has 0 aliphatic heterocycles. The number of carbonyl (C=O) groups excluding carboxylic acids is 1. The molecule has 0 amide bonds. The Morgan fingerprint density at radius 1 is 1.33 bits per heavy atom.